The second-order valence-corrected chi connectivity index (χ2v) is 7.56. The first-order valence-corrected chi connectivity index (χ1v) is 8.87. The number of amides is 1. The number of benzene rings is 1. The number of carbonyl (C=O) groups is 1. The number of fused-ring (bicyclic) bond motifs is 1. The van der Waals surface area contributed by atoms with Crippen LogP contribution in [0, 0.1) is 6.92 Å². The lowest BCUT2D eigenvalue weighted by Gasteiger charge is -2.07. The van der Waals surface area contributed by atoms with Crippen LogP contribution in [0.25, 0.3) is 17.1 Å². The third kappa shape index (κ3) is 3.89. The number of carbonyl (C=O) groups excluding carboxylic acids is 1. The van der Waals surface area contributed by atoms with Crippen LogP contribution in [-0.2, 0) is 11.3 Å². The van der Waals surface area contributed by atoms with Crippen molar-refractivity contribution in [2.24, 2.45) is 0 Å². The third-order valence-electron chi connectivity index (χ3n) is 3.47. The minimum atomic E-state index is -0.0865. The minimum Gasteiger partial charge on any atom is -0.351 e. The van der Waals surface area contributed by atoms with E-state index in [0.717, 1.165) is 25.5 Å². The van der Waals surface area contributed by atoms with Crippen LogP contribution in [0.5, 0.6) is 0 Å². The van der Waals surface area contributed by atoms with Gasteiger partial charge in [-0.15, -0.1) is 11.3 Å². The Kier molecular flexibility index (Phi) is 4.93. The molecule has 0 radical (unpaired) electrons. The Balaban J connectivity index is 1.57. The molecule has 6 heteroatoms. The van der Waals surface area contributed by atoms with Gasteiger partial charge in [0.2, 0.25) is 5.91 Å². The molecule has 1 N–H and O–H groups in total. The fourth-order valence-corrected chi connectivity index (χ4v) is 3.73. The zero-order valence-electron chi connectivity index (χ0n) is 12.6. The van der Waals surface area contributed by atoms with Gasteiger partial charge in [-0.1, -0.05) is 12.1 Å². The first kappa shape index (κ1) is 16.0. The molecule has 2 aromatic heterocycles. The molecule has 0 saturated heterocycles. The van der Waals surface area contributed by atoms with E-state index < -0.39 is 0 Å². The topological polar surface area (TPSA) is 46.9 Å². The highest BCUT2D eigenvalue weighted by Crippen LogP contribution is 2.22. The predicted molar refractivity (Wildman–Crippen MR) is 98.5 cm³/mol. The lowest BCUT2D eigenvalue weighted by molar-refractivity contribution is -0.116. The van der Waals surface area contributed by atoms with E-state index in [-0.39, 0.29) is 5.91 Å². The van der Waals surface area contributed by atoms with Crippen LogP contribution < -0.4 is 5.32 Å². The summed E-state index contributed by atoms with van der Waals surface area (Å²) in [6, 6.07) is 12.0. The van der Waals surface area contributed by atoms with E-state index >= 15 is 0 Å². The van der Waals surface area contributed by atoms with Gasteiger partial charge in [-0.2, -0.15) is 0 Å². The number of aryl methyl sites for hydroxylation is 1. The molecular formula is C17H16BrN3OS. The molecule has 0 aliphatic rings. The largest absolute Gasteiger partial charge is 0.351 e. The Morgan fingerprint density at radius 3 is 2.96 bits per heavy atom. The van der Waals surface area contributed by atoms with Crippen LogP contribution in [0.1, 0.15) is 10.7 Å². The van der Waals surface area contributed by atoms with Crippen LogP contribution in [0.15, 0.2) is 46.3 Å². The van der Waals surface area contributed by atoms with Crippen LogP contribution in [0.4, 0.5) is 0 Å². The van der Waals surface area contributed by atoms with Crippen molar-refractivity contribution in [2.45, 2.75) is 13.5 Å². The monoisotopic (exact) mass is 389 g/mol. The average molecular weight is 390 g/mol. The van der Waals surface area contributed by atoms with Gasteiger partial charge in [-0.05, 0) is 53.2 Å². The molecule has 4 nitrogen and oxygen atoms in total. The van der Waals surface area contributed by atoms with Crippen molar-refractivity contribution in [3.05, 3.63) is 57.0 Å². The molecule has 2 heterocycles. The molecule has 0 fully saturated rings. The second-order valence-electron chi connectivity index (χ2n) is 5.07. The van der Waals surface area contributed by atoms with Gasteiger partial charge in [0.1, 0.15) is 5.82 Å². The Morgan fingerprint density at radius 2 is 2.17 bits per heavy atom. The van der Waals surface area contributed by atoms with Gasteiger partial charge in [0.05, 0.1) is 14.8 Å². The summed E-state index contributed by atoms with van der Waals surface area (Å²) in [6.07, 6.45) is 3.39. The summed E-state index contributed by atoms with van der Waals surface area (Å²) in [5.74, 6) is 0.871. The van der Waals surface area contributed by atoms with Crippen molar-refractivity contribution < 1.29 is 4.79 Å². The Bertz CT molecular complexity index is 866. The fraction of sp³-hybridized carbons (Fsp3) is 0.176. The third-order valence-corrected chi connectivity index (χ3v) is 5.06. The second kappa shape index (κ2) is 7.10. The lowest BCUT2D eigenvalue weighted by Crippen LogP contribution is -2.25. The number of halogens is 1. The number of para-hydroxylation sites is 2. The van der Waals surface area contributed by atoms with Gasteiger partial charge in [0.15, 0.2) is 0 Å². The van der Waals surface area contributed by atoms with Gasteiger partial charge in [0, 0.05) is 24.0 Å². The number of rotatable bonds is 5. The number of nitrogens with one attached hydrogen (secondary N) is 1. The molecule has 0 spiro atoms. The Morgan fingerprint density at radius 1 is 1.35 bits per heavy atom. The number of thiophene rings is 1. The molecular weight excluding hydrogens is 374 g/mol. The fourth-order valence-electron chi connectivity index (χ4n) is 2.40. The maximum Gasteiger partial charge on any atom is 0.244 e. The lowest BCUT2D eigenvalue weighted by atomic mass is 10.3. The SMILES string of the molecule is Cc1nc2ccccc2n1CCNC(=O)/C=C/c1ccc(Br)s1. The van der Waals surface area contributed by atoms with Crippen molar-refractivity contribution in [1.82, 2.24) is 14.9 Å². The van der Waals surface area contributed by atoms with Crippen molar-refractivity contribution in [2.75, 3.05) is 6.54 Å². The summed E-state index contributed by atoms with van der Waals surface area (Å²) >= 11 is 5.00. The zero-order valence-corrected chi connectivity index (χ0v) is 15.0. The van der Waals surface area contributed by atoms with Crippen molar-refractivity contribution in [1.29, 1.82) is 0 Å². The number of nitrogens with zero attached hydrogens (tertiary/aromatic N) is 2. The molecule has 0 aliphatic carbocycles. The molecule has 0 unspecified atom stereocenters. The molecule has 23 heavy (non-hydrogen) atoms. The Hall–Kier alpha value is -1.92. The van der Waals surface area contributed by atoms with Gasteiger partial charge < -0.3 is 9.88 Å². The molecule has 3 aromatic rings. The summed E-state index contributed by atoms with van der Waals surface area (Å²) in [5.41, 5.74) is 2.08. The first-order valence-electron chi connectivity index (χ1n) is 7.26. The van der Waals surface area contributed by atoms with Crippen LogP contribution in [0.2, 0.25) is 0 Å². The van der Waals surface area contributed by atoms with Crippen LogP contribution in [0.3, 0.4) is 0 Å². The zero-order chi connectivity index (χ0) is 16.2. The molecule has 0 bridgehead atoms. The van der Waals surface area contributed by atoms with Crippen molar-refractivity contribution in [3.63, 3.8) is 0 Å². The number of aromatic nitrogens is 2. The smallest absolute Gasteiger partial charge is 0.244 e. The molecule has 3 rings (SSSR count). The first-order chi connectivity index (χ1) is 11.1. The summed E-state index contributed by atoms with van der Waals surface area (Å²) in [4.78, 5) is 17.4. The highest BCUT2D eigenvalue weighted by atomic mass is 79.9. The minimum absolute atomic E-state index is 0.0865. The van der Waals surface area contributed by atoms with Crippen LogP contribution in [-0.4, -0.2) is 22.0 Å². The highest BCUT2D eigenvalue weighted by Gasteiger charge is 2.06. The number of imidazole rings is 1. The summed E-state index contributed by atoms with van der Waals surface area (Å²) in [5, 5.41) is 2.91. The molecule has 0 atom stereocenters. The number of hydrogen-bond acceptors (Lipinski definition) is 3. The van der Waals surface area contributed by atoms with Crippen molar-refractivity contribution in [3.8, 4) is 0 Å². The van der Waals surface area contributed by atoms with Gasteiger partial charge >= 0.3 is 0 Å². The van der Waals surface area contributed by atoms with E-state index in [1.807, 2.05) is 49.4 Å². The average Bonchev–Trinajstić information content (AvgIpc) is 3.09. The predicted octanol–water partition coefficient (Wildman–Crippen LogP) is 4.00. The normalized spacial score (nSPS) is 11.4. The van der Waals surface area contributed by atoms with E-state index in [9.17, 15) is 4.79 Å². The summed E-state index contributed by atoms with van der Waals surface area (Å²) < 4.78 is 3.18. The quantitative estimate of drug-likeness (QED) is 0.670. The van der Waals surface area contributed by atoms with E-state index in [1.54, 1.807) is 17.4 Å². The van der Waals surface area contributed by atoms with E-state index in [1.165, 1.54) is 0 Å². The van der Waals surface area contributed by atoms with E-state index in [4.69, 9.17) is 0 Å². The Labute approximate surface area is 147 Å². The molecule has 118 valence electrons. The van der Waals surface area contributed by atoms with Gasteiger partial charge in [-0.25, -0.2) is 4.98 Å². The molecule has 1 amide bonds. The standard InChI is InChI=1S/C17H16BrN3OS/c1-12-20-14-4-2-3-5-15(14)21(12)11-10-19-17(22)9-7-13-6-8-16(18)23-13/h2-9H,10-11H2,1H3,(H,19,22)/b9-7+. The molecule has 0 saturated carbocycles. The van der Waals surface area contributed by atoms with Gasteiger partial charge in [-0.3, -0.25) is 4.79 Å². The number of hydrogen-bond donors (Lipinski definition) is 1. The maximum atomic E-state index is 11.9. The van der Waals surface area contributed by atoms with E-state index in [2.05, 4.69) is 30.8 Å². The molecule has 1 aromatic carbocycles. The summed E-state index contributed by atoms with van der Waals surface area (Å²) in [7, 11) is 0. The van der Waals surface area contributed by atoms with Crippen LogP contribution >= 0.6 is 27.3 Å². The van der Waals surface area contributed by atoms with Crippen molar-refractivity contribution >= 4 is 50.3 Å². The highest BCUT2D eigenvalue weighted by molar-refractivity contribution is 9.11. The van der Waals surface area contributed by atoms with E-state index in [0.29, 0.717) is 13.1 Å². The summed E-state index contributed by atoms with van der Waals surface area (Å²) in [6.45, 7) is 3.26. The van der Waals surface area contributed by atoms with Gasteiger partial charge in [0.25, 0.3) is 0 Å². The maximum absolute atomic E-state index is 11.9. The molecule has 0 aliphatic heterocycles.